The van der Waals surface area contributed by atoms with Crippen molar-refractivity contribution < 1.29 is 32.9 Å². The predicted octanol–water partition coefficient (Wildman–Crippen LogP) is 4.35. The van der Waals surface area contributed by atoms with Crippen molar-refractivity contribution in [2.75, 3.05) is 13.2 Å². The molecule has 1 fully saturated rings. The Kier molecular flexibility index (Phi) is 5.21. The van der Waals surface area contributed by atoms with Crippen molar-refractivity contribution in [2.24, 2.45) is 0 Å². The van der Waals surface area contributed by atoms with E-state index in [1.807, 2.05) is 13.8 Å². The minimum Gasteiger partial charge on any atom is -0.478 e. The Hall–Kier alpha value is -2.45. The van der Waals surface area contributed by atoms with Crippen molar-refractivity contribution in [3.63, 3.8) is 0 Å². The molecule has 6 nitrogen and oxygen atoms in total. The SMILES string of the molecule is CC(C)Oc1ncc(Oc2cc(F)c(C(=O)O)cc2C2(F)COC2)cc1Cl. The second kappa shape index (κ2) is 7.28. The fourth-order valence-electron chi connectivity index (χ4n) is 2.49. The first-order valence-corrected chi connectivity index (χ1v) is 8.41. The van der Waals surface area contributed by atoms with Crippen LogP contribution in [0.5, 0.6) is 17.4 Å². The number of aromatic nitrogens is 1. The van der Waals surface area contributed by atoms with Crippen molar-refractivity contribution in [2.45, 2.75) is 25.6 Å². The van der Waals surface area contributed by atoms with Gasteiger partial charge in [0.05, 0.1) is 31.1 Å². The number of carboxylic acid groups (broad SMARTS) is 1. The Balaban J connectivity index is 1.98. The van der Waals surface area contributed by atoms with Gasteiger partial charge in [-0.25, -0.2) is 18.6 Å². The van der Waals surface area contributed by atoms with Crippen molar-refractivity contribution in [3.05, 3.63) is 46.4 Å². The summed E-state index contributed by atoms with van der Waals surface area (Å²) in [6.45, 7) is 3.05. The Morgan fingerprint density at radius 1 is 1.37 bits per heavy atom. The number of benzene rings is 1. The lowest BCUT2D eigenvalue weighted by molar-refractivity contribution is -0.136. The molecule has 1 aromatic carbocycles. The van der Waals surface area contributed by atoms with Crippen LogP contribution in [0.1, 0.15) is 29.8 Å². The summed E-state index contributed by atoms with van der Waals surface area (Å²) in [6.07, 6.45) is 1.15. The molecule has 1 saturated heterocycles. The molecule has 0 unspecified atom stereocenters. The van der Waals surface area contributed by atoms with Gasteiger partial charge in [0.25, 0.3) is 0 Å². The second-order valence-corrected chi connectivity index (χ2v) is 6.73. The van der Waals surface area contributed by atoms with E-state index in [9.17, 15) is 13.6 Å². The van der Waals surface area contributed by atoms with Gasteiger partial charge in [-0.2, -0.15) is 0 Å². The highest BCUT2D eigenvalue weighted by Crippen LogP contribution is 2.42. The van der Waals surface area contributed by atoms with Crippen molar-refractivity contribution in [1.82, 2.24) is 4.98 Å². The second-order valence-electron chi connectivity index (χ2n) is 6.32. The first-order valence-electron chi connectivity index (χ1n) is 8.03. The largest absolute Gasteiger partial charge is 0.478 e. The van der Waals surface area contributed by atoms with Gasteiger partial charge in [0.2, 0.25) is 5.88 Å². The van der Waals surface area contributed by atoms with Crippen LogP contribution in [0.2, 0.25) is 5.02 Å². The number of halogens is 3. The number of hydrogen-bond acceptors (Lipinski definition) is 5. The molecule has 1 aromatic heterocycles. The zero-order valence-corrected chi connectivity index (χ0v) is 15.2. The molecule has 3 rings (SSSR count). The van der Waals surface area contributed by atoms with Crippen LogP contribution in [0.25, 0.3) is 0 Å². The number of rotatable bonds is 6. The van der Waals surface area contributed by atoms with Gasteiger partial charge in [-0.1, -0.05) is 11.6 Å². The number of pyridine rings is 1. The minimum absolute atomic E-state index is 0.115. The number of nitrogens with zero attached hydrogens (tertiary/aromatic N) is 1. The van der Waals surface area contributed by atoms with E-state index in [1.165, 1.54) is 12.3 Å². The molecule has 0 aliphatic carbocycles. The summed E-state index contributed by atoms with van der Waals surface area (Å²) in [7, 11) is 0. The summed E-state index contributed by atoms with van der Waals surface area (Å²) in [5.41, 5.74) is -2.74. The summed E-state index contributed by atoms with van der Waals surface area (Å²) in [6, 6.07) is 3.13. The van der Waals surface area contributed by atoms with Crippen LogP contribution >= 0.6 is 11.6 Å². The third kappa shape index (κ3) is 3.96. The van der Waals surface area contributed by atoms with Gasteiger partial charge in [-0.3, -0.25) is 0 Å². The third-order valence-corrected chi connectivity index (χ3v) is 4.07. The average molecular weight is 400 g/mol. The van der Waals surface area contributed by atoms with E-state index in [2.05, 4.69) is 4.98 Å². The molecule has 2 heterocycles. The van der Waals surface area contributed by atoms with E-state index in [0.29, 0.717) is 0 Å². The van der Waals surface area contributed by atoms with Crippen LogP contribution in [-0.4, -0.2) is 35.4 Å². The summed E-state index contributed by atoms with van der Waals surface area (Å²) in [5, 5.41) is 9.25. The van der Waals surface area contributed by atoms with Gasteiger partial charge in [-0.05, 0) is 19.9 Å². The Morgan fingerprint density at radius 2 is 2.07 bits per heavy atom. The van der Waals surface area contributed by atoms with E-state index >= 15 is 0 Å². The molecular weight excluding hydrogens is 384 g/mol. The highest BCUT2D eigenvalue weighted by atomic mass is 35.5. The van der Waals surface area contributed by atoms with Gasteiger partial charge in [0.15, 0.2) is 5.67 Å². The maximum atomic E-state index is 14.9. The number of ether oxygens (including phenoxy) is 3. The van der Waals surface area contributed by atoms with Crippen LogP contribution < -0.4 is 9.47 Å². The molecule has 1 aliphatic heterocycles. The summed E-state index contributed by atoms with van der Waals surface area (Å²) in [4.78, 5) is 15.2. The van der Waals surface area contributed by atoms with Crippen LogP contribution in [0, 0.1) is 5.82 Å². The highest BCUT2D eigenvalue weighted by Gasteiger charge is 2.44. The van der Waals surface area contributed by atoms with Gasteiger partial charge < -0.3 is 19.3 Å². The highest BCUT2D eigenvalue weighted by molar-refractivity contribution is 6.31. The molecule has 9 heteroatoms. The minimum atomic E-state index is -1.97. The van der Waals surface area contributed by atoms with Crippen molar-refractivity contribution in [1.29, 1.82) is 0 Å². The summed E-state index contributed by atoms with van der Waals surface area (Å²) >= 11 is 6.09. The van der Waals surface area contributed by atoms with E-state index in [0.717, 1.165) is 12.1 Å². The van der Waals surface area contributed by atoms with Crippen LogP contribution in [0.3, 0.4) is 0 Å². The number of aromatic carboxylic acids is 1. The summed E-state index contributed by atoms with van der Waals surface area (Å²) in [5.74, 6) is -2.43. The number of hydrogen-bond donors (Lipinski definition) is 1. The van der Waals surface area contributed by atoms with Gasteiger partial charge in [0.1, 0.15) is 22.3 Å². The molecule has 0 bridgehead atoms. The molecule has 144 valence electrons. The first-order chi connectivity index (χ1) is 12.7. The van der Waals surface area contributed by atoms with Crippen molar-refractivity contribution in [3.8, 4) is 17.4 Å². The molecule has 0 saturated carbocycles. The van der Waals surface area contributed by atoms with Gasteiger partial charge in [0, 0.05) is 17.7 Å². The first kappa shape index (κ1) is 19.3. The molecule has 1 aliphatic rings. The maximum absolute atomic E-state index is 14.9. The van der Waals surface area contributed by atoms with Crippen LogP contribution in [0.4, 0.5) is 8.78 Å². The fourth-order valence-corrected chi connectivity index (χ4v) is 2.69. The van der Waals surface area contributed by atoms with Crippen molar-refractivity contribution >= 4 is 17.6 Å². The fraction of sp³-hybridized carbons (Fsp3) is 0.333. The third-order valence-electron chi connectivity index (χ3n) is 3.80. The number of carbonyl (C=O) groups is 1. The summed E-state index contributed by atoms with van der Waals surface area (Å²) < 4.78 is 44.8. The monoisotopic (exact) mass is 399 g/mol. The maximum Gasteiger partial charge on any atom is 0.338 e. The van der Waals surface area contributed by atoms with E-state index < -0.39 is 23.0 Å². The molecule has 2 aromatic rings. The molecule has 0 radical (unpaired) electrons. The van der Waals surface area contributed by atoms with E-state index in [-0.39, 0.29) is 47.3 Å². The van der Waals surface area contributed by atoms with Crippen LogP contribution in [0.15, 0.2) is 24.4 Å². The smallest absolute Gasteiger partial charge is 0.338 e. The van der Waals surface area contributed by atoms with Gasteiger partial charge in [-0.15, -0.1) is 0 Å². The van der Waals surface area contributed by atoms with E-state index in [4.69, 9.17) is 30.9 Å². The Bertz CT molecular complexity index is 886. The molecule has 0 amide bonds. The predicted molar refractivity (Wildman–Crippen MR) is 92.0 cm³/mol. The Labute approximate surface area is 158 Å². The lowest BCUT2D eigenvalue weighted by Gasteiger charge is -2.35. The topological polar surface area (TPSA) is 77.9 Å². The standard InChI is InChI=1S/C18H16ClF2NO5/c1-9(2)26-16-13(19)3-10(6-22-16)27-15-5-14(20)11(17(23)24)4-12(15)18(21)7-25-8-18/h3-6,9H,7-8H2,1-2H3,(H,23,24). The van der Waals surface area contributed by atoms with Gasteiger partial charge >= 0.3 is 5.97 Å². The lowest BCUT2D eigenvalue weighted by atomic mass is 9.91. The average Bonchev–Trinajstić information content (AvgIpc) is 2.55. The normalized spacial score (nSPS) is 15.3. The lowest BCUT2D eigenvalue weighted by Crippen LogP contribution is -2.43. The number of alkyl halides is 1. The molecule has 1 N–H and O–H groups in total. The Morgan fingerprint density at radius 3 is 2.59 bits per heavy atom. The molecule has 0 atom stereocenters. The zero-order chi connectivity index (χ0) is 19.8. The quantitative estimate of drug-likeness (QED) is 0.778. The van der Waals surface area contributed by atoms with E-state index in [1.54, 1.807) is 0 Å². The zero-order valence-electron chi connectivity index (χ0n) is 14.5. The molecule has 0 spiro atoms. The molecule has 27 heavy (non-hydrogen) atoms. The molecular formula is C18H16ClF2NO5. The number of carboxylic acids is 1. The van der Waals surface area contributed by atoms with Crippen LogP contribution in [-0.2, 0) is 10.4 Å².